The molecule has 1 amide bonds. The number of rotatable bonds is 8. The first-order chi connectivity index (χ1) is 12.2. The van der Waals surface area contributed by atoms with Gasteiger partial charge in [0.1, 0.15) is 17.4 Å². The number of anilines is 1. The summed E-state index contributed by atoms with van der Waals surface area (Å²) in [6.45, 7) is 4.71. The Labute approximate surface area is 154 Å². The van der Waals surface area contributed by atoms with Crippen LogP contribution in [0.4, 0.5) is 5.13 Å². The number of benzene rings is 1. The second-order valence-electron chi connectivity index (χ2n) is 4.85. The highest BCUT2D eigenvalue weighted by atomic mass is 32.2. The van der Waals surface area contributed by atoms with Crippen molar-refractivity contribution in [3.63, 3.8) is 0 Å². The summed E-state index contributed by atoms with van der Waals surface area (Å²) in [7, 11) is 0. The third-order valence-electron chi connectivity index (χ3n) is 2.92. The summed E-state index contributed by atoms with van der Waals surface area (Å²) in [6, 6.07) is 9.15. The number of amides is 1. The Bertz CT molecular complexity index is 779. The number of carbonyl (C=O) groups excluding carboxylic acids is 1. The van der Waals surface area contributed by atoms with Crippen molar-refractivity contribution in [3.05, 3.63) is 35.4 Å². The molecular weight excluding hydrogens is 356 g/mol. The summed E-state index contributed by atoms with van der Waals surface area (Å²) >= 11 is 2.83. The van der Waals surface area contributed by atoms with Crippen molar-refractivity contribution in [1.82, 2.24) is 10.2 Å². The molecule has 0 fully saturated rings. The van der Waals surface area contributed by atoms with Gasteiger partial charge in [-0.15, -0.1) is 10.2 Å². The molecule has 8 heteroatoms. The molecule has 6 nitrogen and oxygen atoms in total. The van der Waals surface area contributed by atoms with Gasteiger partial charge >= 0.3 is 0 Å². The average Bonchev–Trinajstić information content (AvgIpc) is 3.06. The van der Waals surface area contributed by atoms with Crippen LogP contribution in [0, 0.1) is 11.3 Å². The quantitative estimate of drug-likeness (QED) is 0.325. The fourth-order valence-electron chi connectivity index (χ4n) is 1.80. The van der Waals surface area contributed by atoms with Crippen molar-refractivity contribution in [1.29, 1.82) is 5.26 Å². The topological polar surface area (TPSA) is 87.9 Å². The molecule has 1 aromatic heterocycles. The van der Waals surface area contributed by atoms with Gasteiger partial charge < -0.3 is 4.74 Å². The van der Waals surface area contributed by atoms with E-state index in [2.05, 4.69) is 15.5 Å². The van der Waals surface area contributed by atoms with Crippen LogP contribution in [-0.2, 0) is 4.79 Å². The van der Waals surface area contributed by atoms with Gasteiger partial charge in [-0.1, -0.05) is 49.1 Å². The largest absolute Gasteiger partial charge is 0.494 e. The molecule has 0 saturated carbocycles. The highest BCUT2D eigenvalue weighted by Crippen LogP contribution is 2.25. The smallest absolute Gasteiger partial charge is 0.268 e. The Morgan fingerprint density at radius 2 is 2.12 bits per heavy atom. The Kier molecular flexibility index (Phi) is 7.44. The first kappa shape index (κ1) is 19.0. The number of nitrogens with zero attached hydrogens (tertiary/aromatic N) is 3. The van der Waals surface area contributed by atoms with Crippen molar-refractivity contribution in [2.24, 2.45) is 0 Å². The van der Waals surface area contributed by atoms with Gasteiger partial charge in [-0.2, -0.15) is 5.26 Å². The maximum atomic E-state index is 12.2. The molecule has 0 aliphatic carbocycles. The van der Waals surface area contributed by atoms with Crippen LogP contribution in [0.3, 0.4) is 0 Å². The molecule has 0 atom stereocenters. The molecule has 1 aromatic carbocycles. The van der Waals surface area contributed by atoms with Crippen LogP contribution < -0.4 is 10.1 Å². The van der Waals surface area contributed by atoms with E-state index in [0.717, 1.165) is 27.8 Å². The van der Waals surface area contributed by atoms with Gasteiger partial charge in [0.15, 0.2) is 4.34 Å². The van der Waals surface area contributed by atoms with Crippen LogP contribution in [-0.4, -0.2) is 28.5 Å². The molecule has 0 unspecified atom stereocenters. The second kappa shape index (κ2) is 9.81. The molecule has 2 rings (SSSR count). The lowest BCUT2D eigenvalue weighted by Crippen LogP contribution is -2.13. The summed E-state index contributed by atoms with van der Waals surface area (Å²) < 4.78 is 6.29. The molecule has 0 bridgehead atoms. The first-order valence-corrected chi connectivity index (χ1v) is 9.58. The fourth-order valence-corrected chi connectivity index (χ4v) is 3.45. The van der Waals surface area contributed by atoms with Gasteiger partial charge in [0, 0.05) is 0 Å². The van der Waals surface area contributed by atoms with Crippen molar-refractivity contribution in [2.75, 3.05) is 17.7 Å². The predicted molar refractivity (Wildman–Crippen MR) is 101 cm³/mol. The van der Waals surface area contributed by atoms with Crippen molar-refractivity contribution >= 4 is 40.2 Å². The summed E-state index contributed by atoms with van der Waals surface area (Å²) in [4.78, 5) is 12.2. The van der Waals surface area contributed by atoms with E-state index < -0.39 is 5.91 Å². The van der Waals surface area contributed by atoms with Crippen LogP contribution in [0.25, 0.3) is 6.08 Å². The number of hydrogen-bond donors (Lipinski definition) is 1. The molecule has 1 heterocycles. The summed E-state index contributed by atoms with van der Waals surface area (Å²) in [6.07, 6.45) is 2.46. The van der Waals surface area contributed by atoms with Gasteiger partial charge in [0.25, 0.3) is 5.91 Å². The number of carbonyl (C=O) groups is 1. The average molecular weight is 374 g/mol. The third kappa shape index (κ3) is 5.89. The molecule has 1 N–H and O–H groups in total. The zero-order valence-electron chi connectivity index (χ0n) is 14.0. The van der Waals surface area contributed by atoms with E-state index in [1.165, 1.54) is 17.4 Å². The lowest BCUT2D eigenvalue weighted by Gasteiger charge is -2.04. The van der Waals surface area contributed by atoms with Crippen LogP contribution in [0.5, 0.6) is 5.75 Å². The van der Waals surface area contributed by atoms with E-state index in [0.29, 0.717) is 11.7 Å². The van der Waals surface area contributed by atoms with Crippen LogP contribution >= 0.6 is 23.1 Å². The SMILES string of the molecule is CCCOc1ccc(/C=C(\C#N)C(=O)Nc2nnc(SCC)s2)cc1. The molecule has 0 saturated heterocycles. The van der Waals surface area contributed by atoms with Gasteiger partial charge in [-0.25, -0.2) is 0 Å². The molecule has 0 aliphatic heterocycles. The zero-order valence-corrected chi connectivity index (χ0v) is 15.6. The summed E-state index contributed by atoms with van der Waals surface area (Å²) in [5.41, 5.74) is 0.747. The lowest BCUT2D eigenvalue weighted by molar-refractivity contribution is -0.112. The van der Waals surface area contributed by atoms with Gasteiger partial charge in [0.2, 0.25) is 5.13 Å². The molecule has 0 aliphatic rings. The maximum absolute atomic E-state index is 12.2. The fraction of sp³-hybridized carbons (Fsp3) is 0.294. The second-order valence-corrected chi connectivity index (χ2v) is 7.34. The zero-order chi connectivity index (χ0) is 18.1. The van der Waals surface area contributed by atoms with Crippen molar-refractivity contribution in [2.45, 2.75) is 24.6 Å². The van der Waals surface area contributed by atoms with E-state index in [1.54, 1.807) is 23.9 Å². The minimum atomic E-state index is -0.502. The number of nitriles is 1. The number of aromatic nitrogens is 2. The Morgan fingerprint density at radius 3 is 2.76 bits per heavy atom. The number of thioether (sulfide) groups is 1. The van der Waals surface area contributed by atoms with Crippen LogP contribution in [0.1, 0.15) is 25.8 Å². The normalized spacial score (nSPS) is 11.0. The molecule has 0 spiro atoms. The van der Waals surface area contributed by atoms with Gasteiger partial charge in [-0.3, -0.25) is 10.1 Å². The van der Waals surface area contributed by atoms with Gasteiger partial charge in [-0.05, 0) is 35.9 Å². The van der Waals surface area contributed by atoms with Crippen molar-refractivity contribution in [3.8, 4) is 11.8 Å². The van der Waals surface area contributed by atoms with Crippen molar-refractivity contribution < 1.29 is 9.53 Å². The maximum Gasteiger partial charge on any atom is 0.268 e. The highest BCUT2D eigenvalue weighted by molar-refractivity contribution is 8.01. The Hall–Kier alpha value is -2.37. The van der Waals surface area contributed by atoms with E-state index in [9.17, 15) is 10.1 Å². The third-order valence-corrected chi connectivity index (χ3v) is 4.78. The molecular formula is C17H18N4O2S2. The first-order valence-electron chi connectivity index (χ1n) is 7.78. The van der Waals surface area contributed by atoms with E-state index in [4.69, 9.17) is 4.74 Å². The number of nitrogens with one attached hydrogen (secondary N) is 1. The summed E-state index contributed by atoms with van der Waals surface area (Å²) in [5.74, 6) is 1.14. The van der Waals surface area contributed by atoms with Crippen LogP contribution in [0.2, 0.25) is 0 Å². The predicted octanol–water partition coefficient (Wildman–Crippen LogP) is 3.98. The Morgan fingerprint density at radius 1 is 1.36 bits per heavy atom. The molecule has 25 heavy (non-hydrogen) atoms. The minimum absolute atomic E-state index is 0.00196. The van der Waals surface area contributed by atoms with Crippen LogP contribution in [0.15, 0.2) is 34.2 Å². The molecule has 0 radical (unpaired) electrons. The number of hydrogen-bond acceptors (Lipinski definition) is 7. The Balaban J connectivity index is 2.05. The van der Waals surface area contributed by atoms with Gasteiger partial charge in [0.05, 0.1) is 6.61 Å². The van der Waals surface area contributed by atoms with E-state index >= 15 is 0 Å². The van der Waals surface area contributed by atoms with E-state index in [1.807, 2.05) is 32.0 Å². The highest BCUT2D eigenvalue weighted by Gasteiger charge is 2.13. The number of ether oxygens (including phenoxy) is 1. The molecule has 130 valence electrons. The minimum Gasteiger partial charge on any atom is -0.494 e. The monoisotopic (exact) mass is 374 g/mol. The molecule has 2 aromatic rings. The summed E-state index contributed by atoms with van der Waals surface area (Å²) in [5, 5.41) is 20.1. The standard InChI is InChI=1S/C17H18N4O2S2/c1-3-9-23-14-7-5-12(6-8-14)10-13(11-18)15(22)19-16-20-21-17(25-16)24-4-2/h5-8,10H,3-4,9H2,1-2H3,(H,19,20,22)/b13-10+. The lowest BCUT2D eigenvalue weighted by atomic mass is 10.1. The van der Waals surface area contributed by atoms with E-state index in [-0.39, 0.29) is 5.57 Å².